The van der Waals surface area contributed by atoms with Crippen molar-refractivity contribution in [1.82, 2.24) is 0 Å². The van der Waals surface area contributed by atoms with E-state index in [4.69, 9.17) is 25.8 Å². The lowest BCUT2D eigenvalue weighted by atomic mass is 10.1. The van der Waals surface area contributed by atoms with Gasteiger partial charge in [0.2, 0.25) is 0 Å². The van der Waals surface area contributed by atoms with E-state index in [1.165, 1.54) is 0 Å². The SMILES string of the molecule is Cc1cc(Br)cc(Cl)c1OCC(=O)c1ccc2c(c1)OCCO2. The molecule has 1 heterocycles. The summed E-state index contributed by atoms with van der Waals surface area (Å²) in [5, 5.41) is 0.465. The fourth-order valence-corrected chi connectivity index (χ4v) is 3.33. The number of hydrogen-bond acceptors (Lipinski definition) is 4. The molecule has 0 saturated carbocycles. The molecule has 0 unspecified atom stereocenters. The van der Waals surface area contributed by atoms with Crippen LogP contribution in [0.4, 0.5) is 0 Å². The zero-order chi connectivity index (χ0) is 16.4. The number of halogens is 2. The predicted molar refractivity (Wildman–Crippen MR) is 91.1 cm³/mol. The fraction of sp³-hybridized carbons (Fsp3) is 0.235. The second kappa shape index (κ2) is 6.81. The van der Waals surface area contributed by atoms with E-state index in [-0.39, 0.29) is 12.4 Å². The van der Waals surface area contributed by atoms with E-state index in [1.807, 2.05) is 13.0 Å². The molecule has 4 nitrogen and oxygen atoms in total. The molecule has 0 bridgehead atoms. The van der Waals surface area contributed by atoms with Gasteiger partial charge in [0.05, 0.1) is 5.02 Å². The molecule has 0 N–H and O–H groups in total. The molecule has 3 rings (SSSR count). The molecule has 0 aromatic heterocycles. The van der Waals surface area contributed by atoms with E-state index in [9.17, 15) is 4.79 Å². The average Bonchev–Trinajstić information content (AvgIpc) is 2.53. The van der Waals surface area contributed by atoms with Gasteiger partial charge in [-0.2, -0.15) is 0 Å². The number of ether oxygens (including phenoxy) is 3. The first-order valence-electron chi connectivity index (χ1n) is 7.06. The van der Waals surface area contributed by atoms with Crippen LogP contribution in [0.25, 0.3) is 0 Å². The van der Waals surface area contributed by atoms with Crippen molar-refractivity contribution in [3.8, 4) is 17.2 Å². The van der Waals surface area contributed by atoms with Gasteiger partial charge in [-0.25, -0.2) is 0 Å². The number of Topliss-reactive ketones (excluding diaryl/α,β-unsaturated/α-hetero) is 1. The van der Waals surface area contributed by atoms with E-state index in [2.05, 4.69) is 15.9 Å². The van der Waals surface area contributed by atoms with Crippen molar-refractivity contribution in [1.29, 1.82) is 0 Å². The Morgan fingerprint density at radius 3 is 2.70 bits per heavy atom. The van der Waals surface area contributed by atoms with Crippen LogP contribution in [-0.2, 0) is 0 Å². The van der Waals surface area contributed by atoms with Gasteiger partial charge in [0.15, 0.2) is 23.9 Å². The van der Waals surface area contributed by atoms with Crippen molar-refractivity contribution >= 4 is 33.3 Å². The summed E-state index contributed by atoms with van der Waals surface area (Å²) in [6, 6.07) is 8.74. The average molecular weight is 398 g/mol. The predicted octanol–water partition coefficient (Wildman–Crippen LogP) is 4.44. The number of benzene rings is 2. The third-order valence-electron chi connectivity index (χ3n) is 3.41. The molecule has 120 valence electrons. The van der Waals surface area contributed by atoms with Gasteiger partial charge in [0, 0.05) is 10.0 Å². The summed E-state index contributed by atoms with van der Waals surface area (Å²) >= 11 is 9.52. The van der Waals surface area contributed by atoms with E-state index in [1.54, 1.807) is 24.3 Å². The molecule has 0 saturated heterocycles. The molecule has 1 aliphatic heterocycles. The van der Waals surface area contributed by atoms with E-state index in [0.717, 1.165) is 10.0 Å². The first-order chi connectivity index (χ1) is 11.0. The molecule has 2 aromatic rings. The minimum atomic E-state index is -0.152. The smallest absolute Gasteiger partial charge is 0.200 e. The largest absolute Gasteiger partial charge is 0.486 e. The molecular formula is C17H14BrClO4. The third kappa shape index (κ3) is 3.62. The monoisotopic (exact) mass is 396 g/mol. The molecule has 1 aliphatic rings. The Balaban J connectivity index is 1.73. The first-order valence-corrected chi connectivity index (χ1v) is 8.23. The zero-order valence-corrected chi connectivity index (χ0v) is 14.7. The molecule has 2 aromatic carbocycles. The Morgan fingerprint density at radius 1 is 1.22 bits per heavy atom. The summed E-state index contributed by atoms with van der Waals surface area (Å²) in [7, 11) is 0. The number of ketones is 1. The van der Waals surface area contributed by atoms with Gasteiger partial charge in [-0.1, -0.05) is 27.5 Å². The molecule has 0 spiro atoms. The van der Waals surface area contributed by atoms with Gasteiger partial charge in [0.25, 0.3) is 0 Å². The lowest BCUT2D eigenvalue weighted by Crippen LogP contribution is -2.17. The van der Waals surface area contributed by atoms with Crippen molar-refractivity contribution in [3.63, 3.8) is 0 Å². The van der Waals surface area contributed by atoms with E-state index in [0.29, 0.717) is 41.0 Å². The second-order valence-corrected chi connectivity index (χ2v) is 6.43. The molecule has 0 radical (unpaired) electrons. The molecule has 0 fully saturated rings. The maximum atomic E-state index is 12.3. The number of hydrogen-bond donors (Lipinski definition) is 0. The number of fused-ring (bicyclic) bond motifs is 1. The van der Waals surface area contributed by atoms with Crippen LogP contribution in [0.5, 0.6) is 17.2 Å². The molecule has 6 heteroatoms. The maximum absolute atomic E-state index is 12.3. The third-order valence-corrected chi connectivity index (χ3v) is 4.14. The highest BCUT2D eigenvalue weighted by molar-refractivity contribution is 9.10. The highest BCUT2D eigenvalue weighted by Crippen LogP contribution is 2.33. The van der Waals surface area contributed by atoms with Crippen LogP contribution in [0.1, 0.15) is 15.9 Å². The molecule has 0 atom stereocenters. The summed E-state index contributed by atoms with van der Waals surface area (Å²) in [4.78, 5) is 12.3. The molecule has 23 heavy (non-hydrogen) atoms. The van der Waals surface area contributed by atoms with Crippen molar-refractivity contribution in [3.05, 3.63) is 51.0 Å². The minimum Gasteiger partial charge on any atom is -0.486 e. The Labute approximate surface area is 147 Å². The highest BCUT2D eigenvalue weighted by atomic mass is 79.9. The topological polar surface area (TPSA) is 44.8 Å². The van der Waals surface area contributed by atoms with E-state index >= 15 is 0 Å². The molecule has 0 aliphatic carbocycles. The van der Waals surface area contributed by atoms with Gasteiger partial charge < -0.3 is 14.2 Å². The van der Waals surface area contributed by atoms with Gasteiger partial charge in [-0.05, 0) is 42.8 Å². The van der Waals surface area contributed by atoms with Crippen molar-refractivity contribution in [2.45, 2.75) is 6.92 Å². The van der Waals surface area contributed by atoms with Crippen molar-refractivity contribution in [2.24, 2.45) is 0 Å². The van der Waals surface area contributed by atoms with Crippen molar-refractivity contribution in [2.75, 3.05) is 19.8 Å². The summed E-state index contributed by atoms with van der Waals surface area (Å²) in [6.07, 6.45) is 0. The fourth-order valence-electron chi connectivity index (χ4n) is 2.31. The van der Waals surface area contributed by atoms with Crippen molar-refractivity contribution < 1.29 is 19.0 Å². The Morgan fingerprint density at radius 2 is 1.96 bits per heavy atom. The lowest BCUT2D eigenvalue weighted by molar-refractivity contribution is 0.0920. The van der Waals surface area contributed by atoms with Gasteiger partial charge >= 0.3 is 0 Å². The quantitative estimate of drug-likeness (QED) is 0.715. The first kappa shape index (κ1) is 16.1. The summed E-state index contributed by atoms with van der Waals surface area (Å²) in [5.41, 5.74) is 1.37. The maximum Gasteiger partial charge on any atom is 0.200 e. The second-order valence-electron chi connectivity index (χ2n) is 5.10. The van der Waals surface area contributed by atoms with Gasteiger partial charge in [0.1, 0.15) is 19.0 Å². The zero-order valence-electron chi connectivity index (χ0n) is 12.4. The Kier molecular flexibility index (Phi) is 4.78. The number of carbonyl (C=O) groups is 1. The highest BCUT2D eigenvalue weighted by Gasteiger charge is 2.16. The van der Waals surface area contributed by atoms with Crippen LogP contribution in [-0.4, -0.2) is 25.6 Å². The summed E-state index contributed by atoms with van der Waals surface area (Å²) in [5.74, 6) is 1.60. The minimum absolute atomic E-state index is 0.0954. The van der Waals surface area contributed by atoms with Crippen LogP contribution >= 0.6 is 27.5 Å². The Bertz CT molecular complexity index is 737. The van der Waals surface area contributed by atoms with Gasteiger partial charge in [-0.3, -0.25) is 4.79 Å². The standard InChI is InChI=1S/C17H14BrClO4/c1-10-6-12(18)8-13(19)17(10)23-9-14(20)11-2-3-15-16(7-11)22-5-4-21-15/h2-3,6-8H,4-5,9H2,1H3. The normalized spacial score (nSPS) is 12.8. The van der Waals surface area contributed by atoms with E-state index < -0.39 is 0 Å². The van der Waals surface area contributed by atoms with Crippen LogP contribution in [0.2, 0.25) is 5.02 Å². The number of aryl methyl sites for hydroxylation is 1. The lowest BCUT2D eigenvalue weighted by Gasteiger charge is -2.18. The number of carbonyl (C=O) groups excluding carboxylic acids is 1. The summed E-state index contributed by atoms with van der Waals surface area (Å²) in [6.45, 7) is 2.78. The van der Waals surface area contributed by atoms with Crippen LogP contribution in [0, 0.1) is 6.92 Å². The van der Waals surface area contributed by atoms with Gasteiger partial charge in [-0.15, -0.1) is 0 Å². The molecular weight excluding hydrogens is 384 g/mol. The number of rotatable bonds is 4. The molecule has 0 amide bonds. The Hall–Kier alpha value is -1.72. The van der Waals surface area contributed by atoms with Crippen LogP contribution in [0.15, 0.2) is 34.8 Å². The van der Waals surface area contributed by atoms with Crippen LogP contribution in [0.3, 0.4) is 0 Å². The van der Waals surface area contributed by atoms with Crippen LogP contribution < -0.4 is 14.2 Å². The summed E-state index contributed by atoms with van der Waals surface area (Å²) < 4.78 is 17.4.